The highest BCUT2D eigenvalue weighted by molar-refractivity contribution is 5.92. The van der Waals surface area contributed by atoms with E-state index in [1.807, 2.05) is 13.8 Å². The van der Waals surface area contributed by atoms with Gasteiger partial charge in [0.05, 0.1) is 5.56 Å². The van der Waals surface area contributed by atoms with Crippen LogP contribution in [-0.2, 0) is 6.18 Å². The van der Waals surface area contributed by atoms with Crippen LogP contribution in [0.1, 0.15) is 42.7 Å². The third-order valence-electron chi connectivity index (χ3n) is 3.46. The Balaban J connectivity index is 2.19. The van der Waals surface area contributed by atoms with Crippen LogP contribution in [0.3, 0.4) is 0 Å². The summed E-state index contributed by atoms with van der Waals surface area (Å²) in [5.41, 5.74) is -0.197. The van der Waals surface area contributed by atoms with Gasteiger partial charge < -0.3 is 9.32 Å². The van der Waals surface area contributed by atoms with Crippen molar-refractivity contribution in [1.29, 1.82) is 0 Å². The minimum absolute atomic E-state index is 0.125. The molecule has 0 aliphatic heterocycles. The maximum atomic E-state index is 12.6. The van der Waals surface area contributed by atoms with Crippen molar-refractivity contribution in [2.45, 2.75) is 32.9 Å². The van der Waals surface area contributed by atoms with E-state index in [-0.39, 0.29) is 17.5 Å². The van der Waals surface area contributed by atoms with Gasteiger partial charge in [0, 0.05) is 18.7 Å². The molecule has 1 aromatic carbocycles. The summed E-state index contributed by atoms with van der Waals surface area (Å²) < 4.78 is 43.0. The van der Waals surface area contributed by atoms with E-state index in [9.17, 15) is 18.0 Å². The molecule has 1 aromatic heterocycles. The third kappa shape index (κ3) is 4.15. The van der Waals surface area contributed by atoms with Crippen molar-refractivity contribution in [2.75, 3.05) is 13.1 Å². The van der Waals surface area contributed by atoms with E-state index in [0.29, 0.717) is 18.7 Å². The number of rotatable bonds is 6. The van der Waals surface area contributed by atoms with Crippen molar-refractivity contribution >= 4 is 5.91 Å². The van der Waals surface area contributed by atoms with Crippen molar-refractivity contribution < 1.29 is 22.4 Å². The Hall–Kier alpha value is -2.31. The number of hydrogen-bond acceptors (Lipinski definition) is 3. The fraction of sp³-hybridized carbons (Fsp3) is 0.412. The minimum atomic E-state index is -4.39. The molecule has 0 unspecified atom stereocenters. The van der Waals surface area contributed by atoms with Gasteiger partial charge in [-0.1, -0.05) is 13.8 Å². The number of amides is 1. The lowest BCUT2D eigenvalue weighted by Crippen LogP contribution is -2.32. The van der Waals surface area contributed by atoms with Crippen molar-refractivity contribution in [1.82, 2.24) is 9.88 Å². The Morgan fingerprint density at radius 1 is 1.12 bits per heavy atom. The van der Waals surface area contributed by atoms with Crippen molar-refractivity contribution in [3.05, 3.63) is 41.8 Å². The van der Waals surface area contributed by atoms with Gasteiger partial charge in [-0.2, -0.15) is 13.2 Å². The maximum absolute atomic E-state index is 12.6. The molecule has 0 aliphatic carbocycles. The van der Waals surface area contributed by atoms with Crippen molar-refractivity contribution in [3.8, 4) is 11.5 Å². The lowest BCUT2D eigenvalue weighted by Gasteiger charge is -2.19. The van der Waals surface area contributed by atoms with Gasteiger partial charge in [-0.25, -0.2) is 4.98 Å². The normalized spacial score (nSPS) is 11.5. The van der Waals surface area contributed by atoms with Crippen LogP contribution in [0.25, 0.3) is 11.5 Å². The van der Waals surface area contributed by atoms with Gasteiger partial charge in [0.2, 0.25) is 5.89 Å². The van der Waals surface area contributed by atoms with Crippen molar-refractivity contribution in [3.63, 3.8) is 0 Å². The smallest absolute Gasteiger partial charge is 0.416 e. The topological polar surface area (TPSA) is 46.3 Å². The first-order valence-corrected chi connectivity index (χ1v) is 7.79. The number of alkyl halides is 3. The number of hydrogen-bond donors (Lipinski definition) is 0. The molecule has 0 atom stereocenters. The highest BCUT2D eigenvalue weighted by Gasteiger charge is 2.30. The SMILES string of the molecule is CCCN(CCC)C(=O)c1coc(-c2ccc(C(F)(F)F)cc2)n1. The molecule has 0 aliphatic rings. The first-order valence-electron chi connectivity index (χ1n) is 7.79. The number of carbonyl (C=O) groups is 1. The van der Waals surface area contributed by atoms with E-state index in [1.165, 1.54) is 18.4 Å². The van der Waals surface area contributed by atoms with Crippen LogP contribution in [0, 0.1) is 0 Å². The van der Waals surface area contributed by atoms with Gasteiger partial charge >= 0.3 is 6.18 Å². The number of oxazole rings is 1. The van der Waals surface area contributed by atoms with E-state index >= 15 is 0 Å². The molecule has 2 rings (SSSR count). The van der Waals surface area contributed by atoms with Crippen LogP contribution in [0.15, 0.2) is 34.9 Å². The fourth-order valence-electron chi connectivity index (χ4n) is 2.32. The Labute approximate surface area is 138 Å². The number of benzene rings is 1. The van der Waals surface area contributed by atoms with E-state index < -0.39 is 11.7 Å². The van der Waals surface area contributed by atoms with Gasteiger partial charge in [-0.15, -0.1) is 0 Å². The maximum Gasteiger partial charge on any atom is 0.416 e. The number of carbonyl (C=O) groups excluding carboxylic acids is 1. The quantitative estimate of drug-likeness (QED) is 0.771. The molecule has 2 aromatic rings. The van der Waals surface area contributed by atoms with Crippen LogP contribution in [0.2, 0.25) is 0 Å². The first-order chi connectivity index (χ1) is 11.4. The third-order valence-corrected chi connectivity index (χ3v) is 3.46. The average Bonchev–Trinajstić information content (AvgIpc) is 3.03. The molecular weight excluding hydrogens is 321 g/mol. The van der Waals surface area contributed by atoms with Gasteiger partial charge in [0.1, 0.15) is 6.26 Å². The summed E-state index contributed by atoms with van der Waals surface area (Å²) in [6.07, 6.45) is -1.49. The van der Waals surface area contributed by atoms with E-state index in [0.717, 1.165) is 25.0 Å². The molecule has 1 amide bonds. The van der Waals surface area contributed by atoms with Crippen LogP contribution in [-0.4, -0.2) is 28.9 Å². The predicted molar refractivity (Wildman–Crippen MR) is 83.4 cm³/mol. The fourth-order valence-corrected chi connectivity index (χ4v) is 2.32. The molecular formula is C17H19F3N2O2. The second kappa shape index (κ2) is 7.51. The molecule has 0 bridgehead atoms. The number of nitrogens with zero attached hydrogens (tertiary/aromatic N) is 2. The summed E-state index contributed by atoms with van der Waals surface area (Å²) in [5.74, 6) is -0.111. The molecule has 0 saturated carbocycles. The summed E-state index contributed by atoms with van der Waals surface area (Å²) in [4.78, 5) is 18.2. The predicted octanol–water partition coefficient (Wildman–Crippen LogP) is 4.62. The summed E-state index contributed by atoms with van der Waals surface area (Å²) in [6.45, 7) is 5.20. The monoisotopic (exact) mass is 340 g/mol. The molecule has 0 N–H and O–H groups in total. The summed E-state index contributed by atoms with van der Waals surface area (Å²) in [6, 6.07) is 4.47. The van der Waals surface area contributed by atoms with Crippen LogP contribution >= 0.6 is 0 Å². The first kappa shape index (κ1) is 18.0. The average molecular weight is 340 g/mol. The molecule has 24 heavy (non-hydrogen) atoms. The highest BCUT2D eigenvalue weighted by Crippen LogP contribution is 2.30. The lowest BCUT2D eigenvalue weighted by atomic mass is 10.1. The molecule has 0 spiro atoms. The van der Waals surface area contributed by atoms with Crippen LogP contribution < -0.4 is 0 Å². The second-order valence-corrected chi connectivity index (χ2v) is 5.41. The Morgan fingerprint density at radius 3 is 2.21 bits per heavy atom. The van der Waals surface area contributed by atoms with Crippen LogP contribution in [0.4, 0.5) is 13.2 Å². The molecule has 4 nitrogen and oxygen atoms in total. The van der Waals surface area contributed by atoms with Gasteiger partial charge in [-0.3, -0.25) is 4.79 Å². The zero-order valence-corrected chi connectivity index (χ0v) is 13.6. The summed E-state index contributed by atoms with van der Waals surface area (Å²) >= 11 is 0. The highest BCUT2D eigenvalue weighted by atomic mass is 19.4. The van der Waals surface area contributed by atoms with Crippen molar-refractivity contribution in [2.24, 2.45) is 0 Å². The summed E-state index contributed by atoms with van der Waals surface area (Å²) in [7, 11) is 0. The minimum Gasteiger partial charge on any atom is -0.444 e. The molecule has 0 radical (unpaired) electrons. The van der Waals surface area contributed by atoms with Gasteiger partial charge in [-0.05, 0) is 37.1 Å². The van der Waals surface area contributed by atoms with E-state index in [2.05, 4.69) is 4.98 Å². The molecule has 0 saturated heterocycles. The molecule has 0 fully saturated rings. The number of halogens is 3. The van der Waals surface area contributed by atoms with Crippen LogP contribution in [0.5, 0.6) is 0 Å². The number of aromatic nitrogens is 1. The van der Waals surface area contributed by atoms with E-state index in [4.69, 9.17) is 4.42 Å². The van der Waals surface area contributed by atoms with Gasteiger partial charge in [0.25, 0.3) is 5.91 Å². The van der Waals surface area contributed by atoms with E-state index in [1.54, 1.807) is 4.90 Å². The standard InChI is InChI=1S/C17H19F3N2O2/c1-3-9-22(10-4-2)16(23)14-11-24-15(21-14)12-5-7-13(8-6-12)17(18,19)20/h5-8,11H,3-4,9-10H2,1-2H3. The molecule has 7 heteroatoms. The second-order valence-electron chi connectivity index (χ2n) is 5.41. The Morgan fingerprint density at radius 2 is 1.71 bits per heavy atom. The Kier molecular flexibility index (Phi) is 5.64. The zero-order valence-electron chi connectivity index (χ0n) is 13.6. The Bertz CT molecular complexity index is 672. The zero-order chi connectivity index (χ0) is 17.7. The summed E-state index contributed by atoms with van der Waals surface area (Å²) in [5, 5.41) is 0. The molecule has 1 heterocycles. The van der Waals surface area contributed by atoms with Gasteiger partial charge in [0.15, 0.2) is 5.69 Å². The molecule has 130 valence electrons. The largest absolute Gasteiger partial charge is 0.444 e. The lowest BCUT2D eigenvalue weighted by molar-refractivity contribution is -0.137.